The second-order valence-corrected chi connectivity index (χ2v) is 15.5. The fourth-order valence-corrected chi connectivity index (χ4v) is 9.58. The zero-order valence-corrected chi connectivity index (χ0v) is 31.6. The number of para-hydroxylation sites is 1. The van der Waals surface area contributed by atoms with Crippen LogP contribution in [0.25, 0.3) is 88.5 Å². The summed E-state index contributed by atoms with van der Waals surface area (Å²) < 4.78 is 0. The van der Waals surface area contributed by atoms with Crippen molar-refractivity contribution in [1.29, 1.82) is 0 Å². The molecule has 8 aromatic carbocycles. The topological polar surface area (TPSA) is 50.7 Å². The molecule has 3 heterocycles. The Hall–Kier alpha value is -7.08. The van der Waals surface area contributed by atoms with Crippen LogP contribution in [0.15, 0.2) is 199 Å². The largest absolute Gasteiger partial charge is 0.367 e. The second-order valence-electron chi connectivity index (χ2n) is 14.3. The van der Waals surface area contributed by atoms with Crippen LogP contribution in [0.5, 0.6) is 0 Å². The number of pyridine rings is 1. The molecule has 1 aliphatic rings. The Labute approximate surface area is 335 Å². The van der Waals surface area contributed by atoms with Crippen molar-refractivity contribution in [1.82, 2.24) is 15.0 Å². The van der Waals surface area contributed by atoms with Crippen molar-refractivity contribution in [3.05, 3.63) is 200 Å². The highest BCUT2D eigenvalue weighted by Crippen LogP contribution is 2.53. The average Bonchev–Trinajstić information content (AvgIpc) is 3.73. The summed E-state index contributed by atoms with van der Waals surface area (Å²) in [4.78, 5) is 16.5. The molecule has 2 aromatic heterocycles. The molecular formula is C52H34N4S. The van der Waals surface area contributed by atoms with Crippen molar-refractivity contribution in [3.63, 3.8) is 0 Å². The van der Waals surface area contributed by atoms with Gasteiger partial charge in [-0.2, -0.15) is 0 Å². The molecule has 0 spiro atoms. The lowest BCUT2D eigenvalue weighted by atomic mass is 9.84. The Bertz CT molecular complexity index is 3140. The lowest BCUT2D eigenvalue weighted by Gasteiger charge is -2.20. The summed E-state index contributed by atoms with van der Waals surface area (Å²) in [7, 11) is 0. The third-order valence-corrected chi connectivity index (χ3v) is 12.2. The summed E-state index contributed by atoms with van der Waals surface area (Å²) in [5.74, 6) is 0.701. The molecule has 1 atom stereocenters. The lowest BCUT2D eigenvalue weighted by molar-refractivity contribution is 1.04. The van der Waals surface area contributed by atoms with Gasteiger partial charge in [0.2, 0.25) is 0 Å². The molecule has 0 saturated heterocycles. The van der Waals surface area contributed by atoms with Crippen molar-refractivity contribution in [2.75, 3.05) is 5.32 Å². The van der Waals surface area contributed by atoms with Crippen molar-refractivity contribution in [3.8, 4) is 56.0 Å². The fourth-order valence-electron chi connectivity index (χ4n) is 8.42. The Balaban J connectivity index is 1.14. The Morgan fingerprint density at radius 3 is 1.91 bits per heavy atom. The maximum Gasteiger partial charge on any atom is 0.161 e. The van der Waals surface area contributed by atoms with Crippen LogP contribution in [0.4, 0.5) is 5.69 Å². The van der Waals surface area contributed by atoms with Gasteiger partial charge in [0.1, 0.15) is 5.37 Å². The van der Waals surface area contributed by atoms with Gasteiger partial charge in [-0.05, 0) is 73.8 Å². The molecule has 0 fully saturated rings. The van der Waals surface area contributed by atoms with Gasteiger partial charge in [-0.3, -0.25) is 4.98 Å². The predicted molar refractivity (Wildman–Crippen MR) is 238 cm³/mol. The Morgan fingerprint density at radius 1 is 0.456 bits per heavy atom. The SMILES string of the molecule is c1ccc(-c2nc(-c3ccccc3-c3c(-c4ccccc4-c4cc5c(c6ccccc46)NC(c4ccccn4)S5)ccc4ccccc34)nc3ccccc23)cc1. The maximum absolute atomic E-state index is 5.35. The standard InChI is InChI=1S/C52H34N4S/c1-2-17-34(18-3-1)49-43-26-12-13-27-45(43)54-51(55-49)42-25-11-9-23-39(42)48-35-19-5-4-16-33(35)29-30-40(48)36-20-6-7-21-37(36)44-32-47-50(41-24-10-8-22-38(41)44)56-52(57-47)46-28-14-15-31-53-46/h1-32,52,56H. The highest BCUT2D eigenvalue weighted by Gasteiger charge is 2.28. The van der Waals surface area contributed by atoms with Crippen LogP contribution in [0.1, 0.15) is 11.1 Å². The summed E-state index contributed by atoms with van der Waals surface area (Å²) in [5.41, 5.74) is 13.0. The molecule has 268 valence electrons. The quantitative estimate of drug-likeness (QED) is 0.184. The predicted octanol–water partition coefficient (Wildman–Crippen LogP) is 13.9. The normalized spacial score (nSPS) is 13.5. The van der Waals surface area contributed by atoms with Gasteiger partial charge in [0.05, 0.1) is 22.6 Å². The van der Waals surface area contributed by atoms with Gasteiger partial charge in [0, 0.05) is 33.0 Å². The van der Waals surface area contributed by atoms with Crippen LogP contribution in [0.3, 0.4) is 0 Å². The minimum absolute atomic E-state index is 0.0402. The second kappa shape index (κ2) is 13.9. The first kappa shape index (κ1) is 33.3. The molecule has 57 heavy (non-hydrogen) atoms. The third kappa shape index (κ3) is 5.74. The third-order valence-electron chi connectivity index (χ3n) is 11.0. The molecule has 0 bridgehead atoms. The summed E-state index contributed by atoms with van der Waals surface area (Å²) in [5, 5.41) is 9.65. The number of hydrogen-bond donors (Lipinski definition) is 1. The lowest BCUT2D eigenvalue weighted by Crippen LogP contribution is -2.03. The van der Waals surface area contributed by atoms with E-state index in [9.17, 15) is 0 Å². The van der Waals surface area contributed by atoms with E-state index < -0.39 is 0 Å². The molecule has 1 aliphatic heterocycles. The first-order valence-corrected chi connectivity index (χ1v) is 20.1. The first-order chi connectivity index (χ1) is 28.3. The summed E-state index contributed by atoms with van der Waals surface area (Å²) in [6.45, 7) is 0. The first-order valence-electron chi connectivity index (χ1n) is 19.2. The minimum Gasteiger partial charge on any atom is -0.367 e. The van der Waals surface area contributed by atoms with E-state index in [1.807, 2.05) is 30.1 Å². The molecule has 10 aromatic rings. The van der Waals surface area contributed by atoms with E-state index in [0.29, 0.717) is 5.82 Å². The number of fused-ring (bicyclic) bond motifs is 5. The van der Waals surface area contributed by atoms with Crippen LogP contribution >= 0.6 is 11.8 Å². The van der Waals surface area contributed by atoms with Crippen molar-refractivity contribution < 1.29 is 0 Å². The summed E-state index contributed by atoms with van der Waals surface area (Å²) in [6.07, 6.45) is 1.87. The molecule has 0 radical (unpaired) electrons. The number of benzene rings is 8. The van der Waals surface area contributed by atoms with Gasteiger partial charge < -0.3 is 5.32 Å². The summed E-state index contributed by atoms with van der Waals surface area (Å²) >= 11 is 1.83. The monoisotopic (exact) mass is 746 g/mol. The minimum atomic E-state index is 0.0402. The number of anilines is 1. The zero-order valence-electron chi connectivity index (χ0n) is 30.8. The van der Waals surface area contributed by atoms with Crippen LogP contribution < -0.4 is 5.32 Å². The molecule has 11 rings (SSSR count). The fraction of sp³-hybridized carbons (Fsp3) is 0.0192. The van der Waals surface area contributed by atoms with Crippen molar-refractivity contribution in [2.24, 2.45) is 0 Å². The van der Waals surface area contributed by atoms with Gasteiger partial charge >= 0.3 is 0 Å². The number of hydrogen-bond acceptors (Lipinski definition) is 5. The van der Waals surface area contributed by atoms with E-state index in [2.05, 4.69) is 181 Å². The molecule has 1 N–H and O–H groups in total. The van der Waals surface area contributed by atoms with Crippen LogP contribution in [-0.2, 0) is 0 Å². The maximum atomic E-state index is 5.35. The molecule has 1 unspecified atom stereocenters. The molecule has 0 aliphatic carbocycles. The van der Waals surface area contributed by atoms with Crippen LogP contribution in [0.2, 0.25) is 0 Å². The zero-order chi connectivity index (χ0) is 37.7. The number of nitrogens with zero attached hydrogens (tertiary/aromatic N) is 3. The molecule has 5 heteroatoms. The van der Waals surface area contributed by atoms with Crippen molar-refractivity contribution >= 4 is 49.9 Å². The number of rotatable bonds is 6. The molecule has 4 nitrogen and oxygen atoms in total. The van der Waals surface area contributed by atoms with Crippen LogP contribution in [0, 0.1) is 0 Å². The average molecular weight is 747 g/mol. The highest BCUT2D eigenvalue weighted by atomic mass is 32.2. The van der Waals surface area contributed by atoms with Gasteiger partial charge in [-0.1, -0.05) is 176 Å². The Kier molecular flexibility index (Phi) is 8.11. The van der Waals surface area contributed by atoms with Gasteiger partial charge in [-0.25, -0.2) is 9.97 Å². The Morgan fingerprint density at radius 2 is 1.11 bits per heavy atom. The van der Waals surface area contributed by atoms with Gasteiger partial charge in [0.15, 0.2) is 5.82 Å². The highest BCUT2D eigenvalue weighted by molar-refractivity contribution is 8.00. The van der Waals surface area contributed by atoms with Gasteiger partial charge in [0.25, 0.3) is 0 Å². The van der Waals surface area contributed by atoms with E-state index in [-0.39, 0.29) is 5.37 Å². The molecule has 0 amide bonds. The van der Waals surface area contributed by atoms with E-state index in [0.717, 1.165) is 55.8 Å². The van der Waals surface area contributed by atoms with E-state index in [1.54, 1.807) is 0 Å². The molecular weight excluding hydrogens is 713 g/mol. The molecule has 0 saturated carbocycles. The smallest absolute Gasteiger partial charge is 0.161 e. The number of aromatic nitrogens is 3. The number of nitrogens with one attached hydrogen (secondary N) is 1. The summed E-state index contributed by atoms with van der Waals surface area (Å²) in [6, 6.07) is 66.7. The van der Waals surface area contributed by atoms with E-state index >= 15 is 0 Å². The number of thioether (sulfide) groups is 1. The van der Waals surface area contributed by atoms with Gasteiger partial charge in [-0.15, -0.1) is 0 Å². The van der Waals surface area contributed by atoms with Crippen molar-refractivity contribution in [2.45, 2.75) is 10.3 Å². The van der Waals surface area contributed by atoms with E-state index in [1.165, 1.54) is 43.1 Å². The van der Waals surface area contributed by atoms with Crippen LogP contribution in [-0.4, -0.2) is 15.0 Å². The van der Waals surface area contributed by atoms with E-state index in [4.69, 9.17) is 15.0 Å².